The number of halogens is 1. The van der Waals surface area contributed by atoms with Crippen LogP contribution in [0.1, 0.15) is 44.5 Å². The van der Waals surface area contributed by atoms with Gasteiger partial charge in [-0.3, -0.25) is 4.79 Å². The second-order valence-electron chi connectivity index (χ2n) is 5.75. The Hall–Kier alpha value is -2.45. The first-order valence-corrected chi connectivity index (χ1v) is 9.59. The molecule has 0 unspecified atom stereocenters. The van der Waals surface area contributed by atoms with Crippen LogP contribution in [0.25, 0.3) is 0 Å². The lowest BCUT2D eigenvalue weighted by molar-refractivity contribution is -0.119. The van der Waals surface area contributed by atoms with E-state index in [0.717, 1.165) is 29.7 Å². The van der Waals surface area contributed by atoms with E-state index in [1.165, 1.54) is 23.6 Å². The predicted octanol–water partition coefficient (Wildman–Crippen LogP) is 3.26. The molecule has 1 aliphatic rings. The number of hydrogen-bond acceptors (Lipinski definition) is 7. The van der Waals surface area contributed by atoms with Gasteiger partial charge in [-0.1, -0.05) is 11.6 Å². The number of carbonyl (C=O) groups is 3. The number of fused-ring (bicyclic) bond motifs is 1. The van der Waals surface area contributed by atoms with Crippen molar-refractivity contribution in [2.24, 2.45) is 0 Å². The van der Waals surface area contributed by atoms with Crippen molar-refractivity contribution in [1.29, 1.82) is 0 Å². The minimum absolute atomic E-state index is 0.00203. The van der Waals surface area contributed by atoms with E-state index in [1.54, 1.807) is 13.0 Å². The summed E-state index contributed by atoms with van der Waals surface area (Å²) in [5.41, 5.74) is 1.42. The number of ether oxygens (including phenoxy) is 2. The first-order chi connectivity index (χ1) is 13.0. The summed E-state index contributed by atoms with van der Waals surface area (Å²) < 4.78 is 10.1. The van der Waals surface area contributed by atoms with Crippen molar-refractivity contribution < 1.29 is 23.9 Å². The number of carbonyl (C=O) groups excluding carboxylic acids is 3. The maximum absolute atomic E-state index is 12.3. The van der Waals surface area contributed by atoms with Crippen LogP contribution in [0.15, 0.2) is 18.3 Å². The van der Waals surface area contributed by atoms with Crippen LogP contribution in [-0.2, 0) is 27.1 Å². The van der Waals surface area contributed by atoms with Crippen LogP contribution in [-0.4, -0.2) is 36.0 Å². The van der Waals surface area contributed by atoms with Crippen LogP contribution in [0.3, 0.4) is 0 Å². The molecule has 1 aliphatic carbocycles. The van der Waals surface area contributed by atoms with Crippen molar-refractivity contribution in [1.82, 2.24) is 4.98 Å². The largest absolute Gasteiger partial charge is 0.462 e. The van der Waals surface area contributed by atoms with Crippen LogP contribution in [0.4, 0.5) is 5.00 Å². The van der Waals surface area contributed by atoms with E-state index in [1.807, 2.05) is 0 Å². The minimum Gasteiger partial charge on any atom is -0.462 e. The molecule has 0 bridgehead atoms. The maximum Gasteiger partial charge on any atom is 0.341 e. The first kappa shape index (κ1) is 19.3. The Morgan fingerprint density at radius 1 is 1.26 bits per heavy atom. The van der Waals surface area contributed by atoms with Gasteiger partial charge in [0, 0.05) is 11.1 Å². The van der Waals surface area contributed by atoms with E-state index < -0.39 is 24.5 Å². The molecule has 2 aromatic heterocycles. The monoisotopic (exact) mass is 408 g/mol. The molecule has 0 saturated carbocycles. The lowest BCUT2D eigenvalue weighted by atomic mass is 10.1. The summed E-state index contributed by atoms with van der Waals surface area (Å²) in [6.45, 7) is 1.47. The number of anilines is 1. The van der Waals surface area contributed by atoms with Crippen molar-refractivity contribution in [3.63, 3.8) is 0 Å². The molecule has 2 heterocycles. The highest BCUT2D eigenvalue weighted by molar-refractivity contribution is 7.17. The molecular formula is C18H17ClN2O5S. The van der Waals surface area contributed by atoms with Gasteiger partial charge < -0.3 is 14.8 Å². The zero-order valence-electron chi connectivity index (χ0n) is 14.5. The van der Waals surface area contributed by atoms with Gasteiger partial charge in [0.2, 0.25) is 0 Å². The van der Waals surface area contributed by atoms with Crippen LogP contribution in [0.5, 0.6) is 0 Å². The number of thiophene rings is 1. The quantitative estimate of drug-likeness (QED) is 0.582. The number of aryl methyl sites for hydroxylation is 1. The molecule has 142 valence electrons. The molecule has 0 atom stereocenters. The molecule has 27 heavy (non-hydrogen) atoms. The van der Waals surface area contributed by atoms with Crippen molar-refractivity contribution in [3.05, 3.63) is 45.1 Å². The van der Waals surface area contributed by atoms with Crippen LogP contribution >= 0.6 is 22.9 Å². The zero-order chi connectivity index (χ0) is 19.4. The van der Waals surface area contributed by atoms with Gasteiger partial charge in [-0.15, -0.1) is 11.3 Å². The Morgan fingerprint density at radius 3 is 2.81 bits per heavy atom. The van der Waals surface area contributed by atoms with Gasteiger partial charge in [-0.2, -0.15) is 0 Å². The third-order valence-electron chi connectivity index (χ3n) is 3.97. The summed E-state index contributed by atoms with van der Waals surface area (Å²) in [6.07, 6.45) is 4.07. The third-order valence-corrected chi connectivity index (χ3v) is 5.48. The van der Waals surface area contributed by atoms with E-state index in [9.17, 15) is 14.4 Å². The molecule has 1 amide bonds. The standard InChI is InChI=1S/C18H17ClN2O5S/c1-2-25-18(24)14-10-5-3-7-12(10)27-16(14)21-13(22)9-26-17(23)11-6-4-8-20-15(11)19/h4,6,8H,2-3,5,7,9H2,1H3,(H,21,22). The Kier molecular flexibility index (Phi) is 6.08. The van der Waals surface area contributed by atoms with Crippen LogP contribution < -0.4 is 5.32 Å². The number of pyridine rings is 1. The van der Waals surface area contributed by atoms with Gasteiger partial charge >= 0.3 is 11.9 Å². The second kappa shape index (κ2) is 8.49. The van der Waals surface area contributed by atoms with Crippen molar-refractivity contribution in [2.75, 3.05) is 18.5 Å². The zero-order valence-corrected chi connectivity index (χ0v) is 16.1. The number of amides is 1. The molecule has 3 rings (SSSR count). The van der Waals surface area contributed by atoms with Gasteiger partial charge in [-0.05, 0) is 43.9 Å². The number of hydrogen-bond donors (Lipinski definition) is 1. The molecule has 2 aromatic rings. The van der Waals surface area contributed by atoms with Gasteiger partial charge in [0.05, 0.1) is 17.7 Å². The fraction of sp³-hybridized carbons (Fsp3) is 0.333. The molecular weight excluding hydrogens is 392 g/mol. The maximum atomic E-state index is 12.3. The van der Waals surface area contributed by atoms with Crippen molar-refractivity contribution in [3.8, 4) is 0 Å². The third kappa shape index (κ3) is 4.28. The number of nitrogens with zero attached hydrogens (tertiary/aromatic N) is 1. The molecule has 0 radical (unpaired) electrons. The molecule has 9 heteroatoms. The van der Waals surface area contributed by atoms with Crippen LogP contribution in [0, 0.1) is 0 Å². The number of aromatic nitrogens is 1. The summed E-state index contributed by atoms with van der Waals surface area (Å²) in [5.74, 6) is -1.75. The van der Waals surface area contributed by atoms with E-state index in [0.29, 0.717) is 10.6 Å². The fourth-order valence-corrected chi connectivity index (χ4v) is 4.31. The Labute approximate surface area is 164 Å². The summed E-state index contributed by atoms with van der Waals surface area (Å²) >= 11 is 7.19. The number of nitrogens with one attached hydrogen (secondary N) is 1. The smallest absolute Gasteiger partial charge is 0.341 e. The fourth-order valence-electron chi connectivity index (χ4n) is 2.82. The summed E-state index contributed by atoms with van der Waals surface area (Å²) in [4.78, 5) is 41.4. The summed E-state index contributed by atoms with van der Waals surface area (Å²) in [5, 5.41) is 3.08. The second-order valence-corrected chi connectivity index (χ2v) is 7.21. The highest BCUT2D eigenvalue weighted by Crippen LogP contribution is 2.39. The predicted molar refractivity (Wildman–Crippen MR) is 100 cm³/mol. The number of esters is 2. The Bertz CT molecular complexity index is 896. The lowest BCUT2D eigenvalue weighted by Gasteiger charge is -2.09. The molecule has 0 aromatic carbocycles. The van der Waals surface area contributed by atoms with Gasteiger partial charge in [0.1, 0.15) is 10.2 Å². The van der Waals surface area contributed by atoms with Gasteiger partial charge in [-0.25, -0.2) is 14.6 Å². The van der Waals surface area contributed by atoms with Crippen molar-refractivity contribution >= 4 is 45.8 Å². The van der Waals surface area contributed by atoms with Gasteiger partial charge in [0.25, 0.3) is 5.91 Å². The van der Waals surface area contributed by atoms with Crippen LogP contribution in [0.2, 0.25) is 5.15 Å². The number of rotatable bonds is 6. The normalized spacial score (nSPS) is 12.4. The Morgan fingerprint density at radius 2 is 2.07 bits per heavy atom. The molecule has 7 nitrogen and oxygen atoms in total. The lowest BCUT2D eigenvalue weighted by Crippen LogP contribution is -2.22. The first-order valence-electron chi connectivity index (χ1n) is 8.40. The summed E-state index contributed by atoms with van der Waals surface area (Å²) in [6, 6.07) is 3.00. The average Bonchev–Trinajstić information content (AvgIpc) is 3.20. The average molecular weight is 409 g/mol. The molecule has 0 spiro atoms. The van der Waals surface area contributed by atoms with E-state index in [2.05, 4.69) is 10.3 Å². The van der Waals surface area contributed by atoms with E-state index in [-0.39, 0.29) is 17.3 Å². The molecule has 0 fully saturated rings. The van der Waals surface area contributed by atoms with E-state index >= 15 is 0 Å². The molecule has 0 saturated heterocycles. The van der Waals surface area contributed by atoms with Gasteiger partial charge in [0.15, 0.2) is 6.61 Å². The topological polar surface area (TPSA) is 94.6 Å². The summed E-state index contributed by atoms with van der Waals surface area (Å²) in [7, 11) is 0. The molecule has 1 N–H and O–H groups in total. The molecule has 0 aliphatic heterocycles. The van der Waals surface area contributed by atoms with E-state index in [4.69, 9.17) is 21.1 Å². The highest BCUT2D eigenvalue weighted by Gasteiger charge is 2.28. The minimum atomic E-state index is -0.748. The van der Waals surface area contributed by atoms with Crippen molar-refractivity contribution in [2.45, 2.75) is 26.2 Å². The highest BCUT2D eigenvalue weighted by atomic mass is 35.5. The Balaban J connectivity index is 1.67. The SMILES string of the molecule is CCOC(=O)c1c(NC(=O)COC(=O)c2cccnc2Cl)sc2c1CCC2.